The number of hydrogen-bond donors (Lipinski definition) is 2. The lowest BCUT2D eigenvalue weighted by atomic mass is 10.0. The molecule has 0 radical (unpaired) electrons. The summed E-state index contributed by atoms with van der Waals surface area (Å²) in [5.74, 6) is -0.457. The van der Waals surface area contributed by atoms with Crippen molar-refractivity contribution in [2.24, 2.45) is 0 Å². The summed E-state index contributed by atoms with van der Waals surface area (Å²) in [6.45, 7) is 5.97. The number of halogens is 1. The number of benzene rings is 2. The molecule has 2 aromatic rings. The molecule has 0 aliphatic carbocycles. The second-order valence-corrected chi connectivity index (χ2v) is 5.76. The van der Waals surface area contributed by atoms with E-state index >= 15 is 0 Å². The lowest BCUT2D eigenvalue weighted by Crippen LogP contribution is -2.40. The Morgan fingerprint density at radius 2 is 1.70 bits per heavy atom. The van der Waals surface area contributed by atoms with E-state index in [1.165, 1.54) is 23.3 Å². The summed E-state index contributed by atoms with van der Waals surface area (Å²) < 4.78 is 12.9. The molecule has 0 aromatic heterocycles. The SMILES string of the molecule is CC[C@H](N[C@@H](C)C(=O)Nc1ccc(F)cc1)c1ccc(C)cc1. The molecule has 122 valence electrons. The van der Waals surface area contributed by atoms with Crippen LogP contribution in [-0.2, 0) is 4.79 Å². The predicted molar refractivity (Wildman–Crippen MR) is 91.8 cm³/mol. The molecule has 0 saturated heterocycles. The molecule has 0 bridgehead atoms. The molecule has 3 nitrogen and oxygen atoms in total. The molecular weight excluding hydrogens is 291 g/mol. The van der Waals surface area contributed by atoms with Crippen LogP contribution in [0.25, 0.3) is 0 Å². The standard InChI is InChI=1S/C19H23FN2O/c1-4-18(15-7-5-13(2)6-8-15)21-14(3)19(23)22-17-11-9-16(20)10-12-17/h5-12,14,18,21H,4H2,1-3H3,(H,22,23)/t14-,18-/m0/s1. The number of carbonyl (C=O) groups excluding carboxylic acids is 1. The second-order valence-electron chi connectivity index (χ2n) is 5.76. The molecule has 4 heteroatoms. The van der Waals surface area contributed by atoms with Gasteiger partial charge in [-0.05, 0) is 50.1 Å². The predicted octanol–water partition coefficient (Wildman–Crippen LogP) is 4.20. The molecule has 2 atom stereocenters. The van der Waals surface area contributed by atoms with E-state index in [1.807, 2.05) is 6.92 Å². The van der Waals surface area contributed by atoms with Gasteiger partial charge in [-0.2, -0.15) is 0 Å². The zero-order valence-corrected chi connectivity index (χ0v) is 13.8. The molecule has 2 rings (SSSR count). The Morgan fingerprint density at radius 1 is 1.09 bits per heavy atom. The van der Waals surface area contributed by atoms with E-state index < -0.39 is 0 Å². The fraction of sp³-hybridized carbons (Fsp3) is 0.316. The molecule has 23 heavy (non-hydrogen) atoms. The van der Waals surface area contributed by atoms with Crippen LogP contribution in [0.5, 0.6) is 0 Å². The van der Waals surface area contributed by atoms with E-state index in [-0.39, 0.29) is 23.8 Å². The molecule has 0 spiro atoms. The van der Waals surface area contributed by atoms with Crippen LogP contribution in [0.3, 0.4) is 0 Å². The first-order valence-electron chi connectivity index (χ1n) is 7.88. The van der Waals surface area contributed by atoms with Gasteiger partial charge in [0.2, 0.25) is 5.91 Å². The van der Waals surface area contributed by atoms with Gasteiger partial charge in [0, 0.05) is 11.7 Å². The fourth-order valence-electron chi connectivity index (χ4n) is 2.41. The van der Waals surface area contributed by atoms with Gasteiger partial charge in [0.05, 0.1) is 6.04 Å². The Kier molecular flexibility index (Phi) is 5.88. The van der Waals surface area contributed by atoms with Crippen molar-refractivity contribution < 1.29 is 9.18 Å². The Hall–Kier alpha value is -2.20. The summed E-state index contributed by atoms with van der Waals surface area (Å²) in [6, 6.07) is 13.8. The minimum Gasteiger partial charge on any atom is -0.325 e. The average molecular weight is 314 g/mol. The first kappa shape index (κ1) is 17.2. The van der Waals surface area contributed by atoms with E-state index in [1.54, 1.807) is 12.1 Å². The third kappa shape index (κ3) is 4.89. The maximum atomic E-state index is 12.9. The number of anilines is 1. The molecular formula is C19H23FN2O. The normalized spacial score (nSPS) is 13.4. The van der Waals surface area contributed by atoms with Gasteiger partial charge >= 0.3 is 0 Å². The highest BCUT2D eigenvalue weighted by atomic mass is 19.1. The Balaban J connectivity index is 1.98. The largest absolute Gasteiger partial charge is 0.325 e. The number of rotatable bonds is 6. The van der Waals surface area contributed by atoms with Crippen LogP contribution in [-0.4, -0.2) is 11.9 Å². The molecule has 0 unspecified atom stereocenters. The van der Waals surface area contributed by atoms with E-state index in [0.29, 0.717) is 5.69 Å². The van der Waals surface area contributed by atoms with Crippen molar-refractivity contribution in [1.82, 2.24) is 5.32 Å². The van der Waals surface area contributed by atoms with Crippen molar-refractivity contribution in [2.75, 3.05) is 5.32 Å². The molecule has 0 saturated carbocycles. The first-order chi connectivity index (χ1) is 11.0. The van der Waals surface area contributed by atoms with Crippen LogP contribution in [0.2, 0.25) is 0 Å². The topological polar surface area (TPSA) is 41.1 Å². The zero-order chi connectivity index (χ0) is 16.8. The third-order valence-electron chi connectivity index (χ3n) is 3.84. The van der Waals surface area contributed by atoms with Gasteiger partial charge in [-0.1, -0.05) is 36.8 Å². The molecule has 0 aliphatic heterocycles. The monoisotopic (exact) mass is 314 g/mol. The summed E-state index contributed by atoms with van der Waals surface area (Å²) in [4.78, 5) is 12.3. The minimum absolute atomic E-state index is 0.115. The smallest absolute Gasteiger partial charge is 0.241 e. The van der Waals surface area contributed by atoms with Crippen molar-refractivity contribution in [3.8, 4) is 0 Å². The first-order valence-corrected chi connectivity index (χ1v) is 7.88. The summed E-state index contributed by atoms with van der Waals surface area (Å²) in [6.07, 6.45) is 0.886. The van der Waals surface area contributed by atoms with E-state index in [9.17, 15) is 9.18 Å². The lowest BCUT2D eigenvalue weighted by molar-refractivity contribution is -0.118. The summed E-state index contributed by atoms with van der Waals surface area (Å²) in [7, 11) is 0. The molecule has 1 amide bonds. The van der Waals surface area contributed by atoms with Crippen molar-refractivity contribution >= 4 is 11.6 Å². The average Bonchev–Trinajstić information content (AvgIpc) is 2.55. The quantitative estimate of drug-likeness (QED) is 0.839. The van der Waals surface area contributed by atoms with Gasteiger partial charge in [-0.3, -0.25) is 10.1 Å². The van der Waals surface area contributed by atoms with E-state index in [0.717, 1.165) is 6.42 Å². The maximum absolute atomic E-state index is 12.9. The van der Waals surface area contributed by atoms with Gasteiger partial charge < -0.3 is 5.32 Å². The second kappa shape index (κ2) is 7.88. The molecule has 0 heterocycles. The Morgan fingerprint density at radius 3 is 2.26 bits per heavy atom. The molecule has 2 N–H and O–H groups in total. The molecule has 0 aliphatic rings. The number of amides is 1. The van der Waals surface area contributed by atoms with E-state index in [4.69, 9.17) is 0 Å². The molecule has 0 fully saturated rings. The van der Waals surface area contributed by atoms with Crippen molar-refractivity contribution in [2.45, 2.75) is 39.3 Å². The van der Waals surface area contributed by atoms with Crippen LogP contribution in [0.1, 0.15) is 37.4 Å². The lowest BCUT2D eigenvalue weighted by Gasteiger charge is -2.22. The Bertz CT molecular complexity index is 637. The van der Waals surface area contributed by atoms with Crippen LogP contribution < -0.4 is 10.6 Å². The third-order valence-corrected chi connectivity index (χ3v) is 3.84. The van der Waals surface area contributed by atoms with Gasteiger partial charge in [0.1, 0.15) is 5.82 Å². The van der Waals surface area contributed by atoms with Gasteiger partial charge in [0.25, 0.3) is 0 Å². The summed E-state index contributed by atoms with van der Waals surface area (Å²) in [5, 5.41) is 6.14. The minimum atomic E-state index is -0.355. The van der Waals surface area contributed by atoms with Crippen LogP contribution in [0.15, 0.2) is 48.5 Å². The zero-order valence-electron chi connectivity index (χ0n) is 13.8. The summed E-state index contributed by atoms with van der Waals surface area (Å²) >= 11 is 0. The van der Waals surface area contributed by atoms with Crippen molar-refractivity contribution in [1.29, 1.82) is 0 Å². The van der Waals surface area contributed by atoms with Crippen molar-refractivity contribution in [3.05, 3.63) is 65.5 Å². The van der Waals surface area contributed by atoms with Crippen LogP contribution in [0.4, 0.5) is 10.1 Å². The fourth-order valence-corrected chi connectivity index (χ4v) is 2.41. The number of nitrogens with one attached hydrogen (secondary N) is 2. The van der Waals surface area contributed by atoms with Gasteiger partial charge in [0.15, 0.2) is 0 Å². The van der Waals surface area contributed by atoms with Crippen LogP contribution in [0, 0.1) is 12.7 Å². The van der Waals surface area contributed by atoms with Crippen molar-refractivity contribution in [3.63, 3.8) is 0 Å². The maximum Gasteiger partial charge on any atom is 0.241 e. The highest BCUT2D eigenvalue weighted by Gasteiger charge is 2.18. The number of carbonyl (C=O) groups is 1. The van der Waals surface area contributed by atoms with Crippen LogP contribution >= 0.6 is 0 Å². The molecule has 2 aromatic carbocycles. The van der Waals surface area contributed by atoms with Gasteiger partial charge in [-0.25, -0.2) is 4.39 Å². The summed E-state index contributed by atoms with van der Waals surface area (Å²) in [5.41, 5.74) is 2.97. The Labute approximate surface area is 136 Å². The highest BCUT2D eigenvalue weighted by molar-refractivity contribution is 5.94. The van der Waals surface area contributed by atoms with E-state index in [2.05, 4.69) is 48.7 Å². The highest BCUT2D eigenvalue weighted by Crippen LogP contribution is 2.18. The van der Waals surface area contributed by atoms with Gasteiger partial charge in [-0.15, -0.1) is 0 Å². The number of hydrogen-bond acceptors (Lipinski definition) is 2. The number of aryl methyl sites for hydroxylation is 1.